The molecule has 2 aromatic carbocycles. The van der Waals surface area contributed by atoms with Gasteiger partial charge in [0, 0.05) is 17.7 Å². The van der Waals surface area contributed by atoms with Crippen LogP contribution in [0.2, 0.25) is 5.02 Å². The molecular weight excluding hydrogens is 389 g/mol. The van der Waals surface area contributed by atoms with Crippen LogP contribution in [-0.4, -0.2) is 24.6 Å². The van der Waals surface area contributed by atoms with Gasteiger partial charge in [-0.1, -0.05) is 17.7 Å². The van der Waals surface area contributed by atoms with Crippen LogP contribution in [0.3, 0.4) is 0 Å². The highest BCUT2D eigenvalue weighted by molar-refractivity contribution is 7.92. The van der Waals surface area contributed by atoms with Gasteiger partial charge in [-0.2, -0.15) is 0 Å². The number of halogens is 2. The standard InChI is InChI=1S/C16H13ClFNO6S/c1-10(16(20)25-9-13-14(17)3-2-4-15(13)18)26(23,24)12-7-5-11(6-8-12)19(21)22/h2-8,10H,9H2,1H3/t10-/m1/s1. The summed E-state index contributed by atoms with van der Waals surface area (Å²) in [7, 11) is -4.13. The lowest BCUT2D eigenvalue weighted by atomic mass is 10.2. The van der Waals surface area contributed by atoms with Crippen molar-refractivity contribution in [3.63, 3.8) is 0 Å². The molecule has 0 spiro atoms. The van der Waals surface area contributed by atoms with E-state index in [1.54, 1.807) is 0 Å². The summed E-state index contributed by atoms with van der Waals surface area (Å²) < 4.78 is 43.4. The summed E-state index contributed by atoms with van der Waals surface area (Å²) >= 11 is 5.81. The Balaban J connectivity index is 2.14. The molecule has 0 heterocycles. The van der Waals surface area contributed by atoms with Crippen molar-refractivity contribution in [2.75, 3.05) is 0 Å². The summed E-state index contributed by atoms with van der Waals surface area (Å²) in [6.45, 7) is 0.590. The maximum absolute atomic E-state index is 13.7. The number of nitro groups is 1. The largest absolute Gasteiger partial charge is 0.460 e. The number of non-ortho nitro benzene ring substituents is 1. The fourth-order valence-electron chi connectivity index (χ4n) is 2.02. The number of esters is 1. The molecule has 0 N–H and O–H groups in total. The van der Waals surface area contributed by atoms with Gasteiger partial charge in [-0.15, -0.1) is 0 Å². The molecule has 0 aromatic heterocycles. The average Bonchev–Trinajstić information content (AvgIpc) is 2.60. The highest BCUT2D eigenvalue weighted by Gasteiger charge is 2.31. The summed E-state index contributed by atoms with van der Waals surface area (Å²) in [5, 5.41) is 9.08. The van der Waals surface area contributed by atoms with Crippen LogP contribution >= 0.6 is 11.6 Å². The number of rotatable bonds is 6. The predicted molar refractivity (Wildman–Crippen MR) is 91.0 cm³/mol. The third kappa shape index (κ3) is 4.17. The monoisotopic (exact) mass is 401 g/mol. The zero-order valence-electron chi connectivity index (χ0n) is 13.4. The van der Waals surface area contributed by atoms with Crippen molar-refractivity contribution in [2.45, 2.75) is 23.7 Å². The molecule has 0 bridgehead atoms. The van der Waals surface area contributed by atoms with Crippen molar-refractivity contribution in [2.24, 2.45) is 0 Å². The molecule has 0 aliphatic carbocycles. The number of ether oxygens (including phenoxy) is 1. The van der Waals surface area contributed by atoms with Crippen LogP contribution in [0.5, 0.6) is 0 Å². The van der Waals surface area contributed by atoms with Crippen molar-refractivity contribution in [1.29, 1.82) is 0 Å². The van der Waals surface area contributed by atoms with E-state index in [1.807, 2.05) is 0 Å². The zero-order valence-corrected chi connectivity index (χ0v) is 15.0. The van der Waals surface area contributed by atoms with E-state index in [-0.39, 0.29) is 21.2 Å². The van der Waals surface area contributed by atoms with Gasteiger partial charge in [-0.05, 0) is 31.2 Å². The lowest BCUT2D eigenvalue weighted by molar-refractivity contribution is -0.384. The van der Waals surface area contributed by atoms with E-state index in [2.05, 4.69) is 0 Å². The van der Waals surface area contributed by atoms with Crippen LogP contribution in [-0.2, 0) is 26.0 Å². The molecule has 0 amide bonds. The molecule has 0 aliphatic heterocycles. The first-order valence-electron chi connectivity index (χ1n) is 7.22. The Bertz CT molecular complexity index is 925. The van der Waals surface area contributed by atoms with Crippen LogP contribution in [0.1, 0.15) is 12.5 Å². The first kappa shape index (κ1) is 19.8. The molecule has 2 aromatic rings. The predicted octanol–water partition coefficient (Wildman–Crippen LogP) is 3.29. The van der Waals surface area contributed by atoms with E-state index in [0.717, 1.165) is 37.3 Å². The molecule has 10 heteroatoms. The highest BCUT2D eigenvalue weighted by atomic mass is 35.5. The van der Waals surface area contributed by atoms with Gasteiger partial charge in [0.2, 0.25) is 0 Å². The van der Waals surface area contributed by atoms with E-state index >= 15 is 0 Å². The lowest BCUT2D eigenvalue weighted by Gasteiger charge is -2.13. The number of hydrogen-bond donors (Lipinski definition) is 0. The Morgan fingerprint density at radius 2 is 1.88 bits per heavy atom. The fourth-order valence-corrected chi connectivity index (χ4v) is 3.48. The topological polar surface area (TPSA) is 104 Å². The molecule has 1 atom stereocenters. The number of carbonyl (C=O) groups is 1. The summed E-state index contributed by atoms with van der Waals surface area (Å²) in [6.07, 6.45) is 0. The third-order valence-electron chi connectivity index (χ3n) is 3.59. The molecule has 0 unspecified atom stereocenters. The molecule has 0 saturated carbocycles. The molecular formula is C16H13ClFNO6S. The Labute approximate surface area is 153 Å². The molecule has 138 valence electrons. The van der Waals surface area contributed by atoms with Crippen molar-refractivity contribution in [3.05, 3.63) is 69.0 Å². The Morgan fingerprint density at radius 3 is 2.42 bits per heavy atom. The van der Waals surface area contributed by atoms with E-state index < -0.39 is 38.4 Å². The van der Waals surface area contributed by atoms with Gasteiger partial charge in [-0.25, -0.2) is 12.8 Å². The maximum atomic E-state index is 13.7. The molecule has 26 heavy (non-hydrogen) atoms. The Hall–Kier alpha value is -2.52. The van der Waals surface area contributed by atoms with Crippen LogP contribution in [0.4, 0.5) is 10.1 Å². The van der Waals surface area contributed by atoms with E-state index in [0.29, 0.717) is 0 Å². The Morgan fingerprint density at radius 1 is 1.27 bits per heavy atom. The van der Waals surface area contributed by atoms with Crippen molar-refractivity contribution < 1.29 is 27.3 Å². The SMILES string of the molecule is C[C@H](C(=O)OCc1c(F)cccc1Cl)S(=O)(=O)c1ccc([N+](=O)[O-])cc1. The van der Waals surface area contributed by atoms with Gasteiger partial charge < -0.3 is 4.74 Å². The van der Waals surface area contributed by atoms with E-state index in [9.17, 15) is 27.7 Å². The van der Waals surface area contributed by atoms with Gasteiger partial charge in [0.25, 0.3) is 5.69 Å². The molecule has 0 fully saturated rings. The van der Waals surface area contributed by atoms with Crippen molar-refractivity contribution in [1.82, 2.24) is 0 Å². The third-order valence-corrected chi connectivity index (χ3v) is 6.00. The highest BCUT2D eigenvalue weighted by Crippen LogP contribution is 2.23. The number of nitro benzene ring substituents is 1. The van der Waals surface area contributed by atoms with E-state index in [4.69, 9.17) is 16.3 Å². The van der Waals surface area contributed by atoms with Crippen molar-refractivity contribution >= 4 is 33.1 Å². The van der Waals surface area contributed by atoms with Crippen LogP contribution in [0, 0.1) is 15.9 Å². The molecule has 7 nitrogen and oxygen atoms in total. The van der Waals surface area contributed by atoms with Gasteiger partial charge in [0.15, 0.2) is 15.1 Å². The van der Waals surface area contributed by atoms with Gasteiger partial charge in [0.1, 0.15) is 12.4 Å². The Kier molecular flexibility index (Phi) is 5.94. The normalized spacial score (nSPS) is 12.4. The second-order valence-corrected chi connectivity index (χ2v) is 7.92. The minimum atomic E-state index is -4.13. The minimum Gasteiger partial charge on any atom is -0.460 e. The average molecular weight is 402 g/mol. The summed E-state index contributed by atoms with van der Waals surface area (Å²) in [5.41, 5.74) is -0.351. The molecule has 2 rings (SSSR count). The number of hydrogen-bond acceptors (Lipinski definition) is 6. The summed E-state index contributed by atoms with van der Waals surface area (Å²) in [6, 6.07) is 8.02. The van der Waals surface area contributed by atoms with Gasteiger partial charge >= 0.3 is 5.97 Å². The summed E-state index contributed by atoms with van der Waals surface area (Å²) in [5.74, 6) is -1.78. The number of benzene rings is 2. The number of sulfone groups is 1. The molecule has 0 aliphatic rings. The molecule has 0 radical (unpaired) electrons. The first-order chi connectivity index (χ1) is 12.1. The second-order valence-electron chi connectivity index (χ2n) is 5.25. The number of carbonyl (C=O) groups excluding carboxylic acids is 1. The second kappa shape index (κ2) is 7.79. The quantitative estimate of drug-likeness (QED) is 0.418. The first-order valence-corrected chi connectivity index (χ1v) is 9.15. The van der Waals surface area contributed by atoms with Gasteiger partial charge in [-0.3, -0.25) is 14.9 Å². The lowest BCUT2D eigenvalue weighted by Crippen LogP contribution is -2.29. The minimum absolute atomic E-state index is 0.0451. The van der Waals surface area contributed by atoms with E-state index in [1.165, 1.54) is 12.1 Å². The fraction of sp³-hybridized carbons (Fsp3) is 0.188. The smallest absolute Gasteiger partial charge is 0.324 e. The van der Waals surface area contributed by atoms with Crippen LogP contribution < -0.4 is 0 Å². The van der Waals surface area contributed by atoms with Crippen LogP contribution in [0.25, 0.3) is 0 Å². The zero-order chi connectivity index (χ0) is 19.5. The van der Waals surface area contributed by atoms with Crippen molar-refractivity contribution in [3.8, 4) is 0 Å². The van der Waals surface area contributed by atoms with Crippen LogP contribution in [0.15, 0.2) is 47.4 Å². The summed E-state index contributed by atoms with van der Waals surface area (Å²) in [4.78, 5) is 21.7. The maximum Gasteiger partial charge on any atom is 0.324 e. The number of nitrogens with zero attached hydrogens (tertiary/aromatic N) is 1. The molecule has 0 saturated heterocycles. The van der Waals surface area contributed by atoms with Gasteiger partial charge in [0.05, 0.1) is 14.8 Å².